The third-order valence-electron chi connectivity index (χ3n) is 12.0. The Hall–Kier alpha value is -8.34. The number of hydrogen-bond acceptors (Lipinski definition) is 3. The van der Waals surface area contributed by atoms with Gasteiger partial charge in [-0.25, -0.2) is 19.3 Å². The van der Waals surface area contributed by atoms with Crippen LogP contribution in [0.15, 0.2) is 176 Å². The minimum Gasteiger partial charge on any atom is -0.309 e. The molecule has 0 spiro atoms. The molecule has 4 nitrogen and oxygen atoms in total. The van der Waals surface area contributed by atoms with Gasteiger partial charge in [0, 0.05) is 33.2 Å². The van der Waals surface area contributed by atoms with Crippen LogP contribution >= 0.6 is 0 Å². The zero-order chi connectivity index (χ0) is 50.9. The fourth-order valence-electron chi connectivity index (χ4n) is 8.57. The number of rotatable bonds is 7. The SMILES string of the molecule is Fc1ccc(-c2ccc(-n3c4ccc(-c5cc(C(F)(F)F)cc(C(F)(F)F)c5)cc4c4cc(-c5cc(C(F)(F)F)cc(C(F)(F)F)c5)ccc43)cc2-c2nc(-c3ccccc3)nc(-c3ccccc3)n2)cc1. The lowest BCUT2D eigenvalue weighted by molar-refractivity contribution is -0.144. The van der Waals surface area contributed by atoms with E-state index in [1.807, 2.05) is 12.1 Å². The van der Waals surface area contributed by atoms with Crippen molar-refractivity contribution in [2.75, 3.05) is 0 Å². The smallest absolute Gasteiger partial charge is 0.309 e. The van der Waals surface area contributed by atoms with Crippen LogP contribution in [0.1, 0.15) is 22.3 Å². The lowest BCUT2D eigenvalue weighted by Crippen LogP contribution is -2.11. The summed E-state index contributed by atoms with van der Waals surface area (Å²) >= 11 is 0. The molecule has 2 aromatic heterocycles. The summed E-state index contributed by atoms with van der Waals surface area (Å²) < 4.78 is 185. The molecule has 0 saturated carbocycles. The number of benzene rings is 8. The zero-order valence-corrected chi connectivity index (χ0v) is 36.4. The maximum absolute atomic E-state index is 14.4. The van der Waals surface area contributed by atoms with Gasteiger partial charge >= 0.3 is 24.7 Å². The number of nitrogens with zero attached hydrogens (tertiary/aromatic N) is 4. The number of halogens is 13. The van der Waals surface area contributed by atoms with Crippen molar-refractivity contribution in [2.45, 2.75) is 24.7 Å². The van der Waals surface area contributed by atoms with E-state index >= 15 is 0 Å². The second-order valence-electron chi connectivity index (χ2n) is 16.7. The minimum absolute atomic E-state index is 0.0181. The van der Waals surface area contributed by atoms with Crippen molar-refractivity contribution >= 4 is 21.8 Å². The summed E-state index contributed by atoms with van der Waals surface area (Å²) in [4.78, 5) is 14.6. The number of hydrogen-bond donors (Lipinski definition) is 0. The molecule has 0 fully saturated rings. The Balaban J connectivity index is 1.26. The van der Waals surface area contributed by atoms with Gasteiger partial charge in [-0.3, -0.25) is 0 Å². The summed E-state index contributed by atoms with van der Waals surface area (Å²) in [6, 6.07) is 39.0. The molecule has 0 aliphatic rings. The molecule has 2 heterocycles. The Morgan fingerprint density at radius 1 is 0.306 bits per heavy atom. The van der Waals surface area contributed by atoms with Gasteiger partial charge < -0.3 is 4.57 Å². The van der Waals surface area contributed by atoms with Crippen LogP contribution in [0.3, 0.4) is 0 Å². The first-order valence-corrected chi connectivity index (χ1v) is 21.5. The van der Waals surface area contributed by atoms with Gasteiger partial charge in [0.25, 0.3) is 0 Å². The Kier molecular flexibility index (Phi) is 11.5. The fraction of sp³-hybridized carbons (Fsp3) is 0.0727. The molecule has 0 saturated heterocycles. The van der Waals surface area contributed by atoms with Gasteiger partial charge in [0.2, 0.25) is 0 Å². The lowest BCUT2D eigenvalue weighted by atomic mass is 9.96. The molecule has 8 aromatic carbocycles. The van der Waals surface area contributed by atoms with Crippen LogP contribution in [-0.4, -0.2) is 19.5 Å². The van der Waals surface area contributed by atoms with Crippen molar-refractivity contribution in [2.24, 2.45) is 0 Å². The molecule has 0 bridgehead atoms. The van der Waals surface area contributed by atoms with Gasteiger partial charge in [-0.05, 0) is 118 Å². The van der Waals surface area contributed by atoms with E-state index in [0.717, 1.165) is 0 Å². The highest BCUT2D eigenvalue weighted by Gasteiger charge is 2.38. The first-order chi connectivity index (χ1) is 34.1. The van der Waals surface area contributed by atoms with Gasteiger partial charge in [-0.1, -0.05) is 91.0 Å². The zero-order valence-electron chi connectivity index (χ0n) is 36.4. The Morgan fingerprint density at radius 2 is 0.694 bits per heavy atom. The van der Waals surface area contributed by atoms with E-state index in [-0.39, 0.29) is 50.9 Å². The van der Waals surface area contributed by atoms with E-state index in [9.17, 15) is 57.1 Å². The molecule has 0 aliphatic heterocycles. The van der Waals surface area contributed by atoms with E-state index in [4.69, 9.17) is 15.0 Å². The average molecular weight is 993 g/mol. The van der Waals surface area contributed by atoms with Crippen LogP contribution in [-0.2, 0) is 24.7 Å². The molecule has 0 N–H and O–H groups in total. The van der Waals surface area contributed by atoms with E-state index in [1.165, 1.54) is 48.5 Å². The van der Waals surface area contributed by atoms with Crippen LogP contribution in [0.4, 0.5) is 57.1 Å². The van der Waals surface area contributed by atoms with Crippen LogP contribution in [0.25, 0.3) is 95.0 Å². The predicted molar refractivity (Wildman–Crippen MR) is 247 cm³/mol. The van der Waals surface area contributed by atoms with E-state index in [1.54, 1.807) is 83.4 Å². The molecule has 0 amide bonds. The quantitative estimate of drug-likeness (QED) is 0.149. The molecule has 72 heavy (non-hydrogen) atoms. The molecule has 360 valence electrons. The topological polar surface area (TPSA) is 43.6 Å². The summed E-state index contributed by atoms with van der Waals surface area (Å²) in [5.74, 6) is 0.222. The molecule has 0 radical (unpaired) electrons. The molecule has 17 heteroatoms. The van der Waals surface area contributed by atoms with Crippen LogP contribution < -0.4 is 0 Å². The number of fused-ring (bicyclic) bond motifs is 3. The van der Waals surface area contributed by atoms with Gasteiger partial charge in [0.1, 0.15) is 5.82 Å². The summed E-state index contributed by atoms with van der Waals surface area (Å²) in [5, 5.41) is 0.306. The third-order valence-corrected chi connectivity index (χ3v) is 12.0. The Morgan fingerprint density at radius 3 is 1.10 bits per heavy atom. The predicted octanol–water partition coefficient (Wildman–Crippen LogP) is 17.2. The number of alkyl halides is 12. The summed E-state index contributed by atoms with van der Waals surface area (Å²) in [6.45, 7) is 0. The molecular weight excluding hydrogens is 964 g/mol. The lowest BCUT2D eigenvalue weighted by Gasteiger charge is -2.16. The standard InChI is InChI=1S/C55H29F13N4/c56-41-15-11-30(12-16-41)43-18-17-42(29-46(43)51-70-49(31-7-3-1-4-8-31)69-50(71-51)32-9-5-2-6-10-32)72-47-19-13-33(35-21-37(52(57,58)59)27-38(22-35)53(60,61)62)25-44(47)45-26-34(14-20-48(45)72)36-23-39(54(63,64)65)28-40(24-36)55(66,67)68/h1-29H. The van der Waals surface area contributed by atoms with Crippen LogP contribution in [0, 0.1) is 5.82 Å². The third kappa shape index (κ3) is 9.24. The van der Waals surface area contributed by atoms with Gasteiger partial charge in [-0.2, -0.15) is 52.7 Å². The molecular formula is C55H29F13N4. The van der Waals surface area contributed by atoms with Crippen molar-refractivity contribution in [3.63, 3.8) is 0 Å². The maximum atomic E-state index is 14.4. The van der Waals surface area contributed by atoms with Crippen LogP contribution in [0.5, 0.6) is 0 Å². The Labute approximate surface area is 399 Å². The van der Waals surface area contributed by atoms with Crippen molar-refractivity contribution in [1.29, 1.82) is 0 Å². The average Bonchev–Trinajstić information content (AvgIpc) is 3.68. The summed E-state index contributed by atoms with van der Waals surface area (Å²) in [6.07, 6.45) is -20.8. The highest BCUT2D eigenvalue weighted by molar-refractivity contribution is 6.12. The Bertz CT molecular complexity index is 3430. The van der Waals surface area contributed by atoms with Gasteiger partial charge in [0.15, 0.2) is 17.5 Å². The monoisotopic (exact) mass is 992 g/mol. The van der Waals surface area contributed by atoms with E-state index in [2.05, 4.69) is 0 Å². The first-order valence-electron chi connectivity index (χ1n) is 21.5. The summed E-state index contributed by atoms with van der Waals surface area (Å²) in [5.41, 5.74) is -3.91. The van der Waals surface area contributed by atoms with Crippen molar-refractivity contribution in [3.8, 4) is 73.2 Å². The molecule has 0 atom stereocenters. The molecule has 10 aromatic rings. The fourth-order valence-corrected chi connectivity index (χ4v) is 8.57. The maximum Gasteiger partial charge on any atom is 0.416 e. The minimum atomic E-state index is -5.19. The van der Waals surface area contributed by atoms with Crippen LogP contribution in [0.2, 0.25) is 0 Å². The first kappa shape index (κ1) is 47.3. The second-order valence-corrected chi connectivity index (χ2v) is 16.7. The largest absolute Gasteiger partial charge is 0.416 e. The van der Waals surface area contributed by atoms with Crippen molar-refractivity contribution in [3.05, 3.63) is 204 Å². The normalized spacial score (nSPS) is 12.5. The van der Waals surface area contributed by atoms with E-state index < -0.39 is 63.9 Å². The molecule has 10 rings (SSSR count). The number of aromatic nitrogens is 4. The van der Waals surface area contributed by atoms with E-state index in [0.29, 0.717) is 69.4 Å². The van der Waals surface area contributed by atoms with Gasteiger partial charge in [0.05, 0.1) is 33.3 Å². The second kappa shape index (κ2) is 17.5. The van der Waals surface area contributed by atoms with Gasteiger partial charge in [-0.15, -0.1) is 0 Å². The molecule has 0 unspecified atom stereocenters. The highest BCUT2D eigenvalue weighted by Crippen LogP contribution is 2.44. The summed E-state index contributed by atoms with van der Waals surface area (Å²) in [7, 11) is 0. The van der Waals surface area contributed by atoms with Crippen molar-refractivity contribution < 1.29 is 57.1 Å². The molecule has 0 aliphatic carbocycles. The van der Waals surface area contributed by atoms with Crippen molar-refractivity contribution in [1.82, 2.24) is 19.5 Å². The highest BCUT2D eigenvalue weighted by atomic mass is 19.4.